The van der Waals surface area contributed by atoms with Crippen molar-refractivity contribution in [1.29, 1.82) is 0 Å². The van der Waals surface area contributed by atoms with Crippen LogP contribution in [0.4, 0.5) is 14.5 Å². The molecule has 1 amide bonds. The predicted molar refractivity (Wildman–Crippen MR) is 69.7 cm³/mol. The van der Waals surface area contributed by atoms with Gasteiger partial charge in [0.05, 0.1) is 5.69 Å². The molecule has 1 aromatic heterocycles. The first-order valence-corrected chi connectivity index (χ1v) is 6.19. The van der Waals surface area contributed by atoms with Gasteiger partial charge in [-0.05, 0) is 28.9 Å². The Morgan fingerprint density at radius 3 is 2.79 bits per heavy atom. The Labute approximate surface area is 116 Å². The minimum Gasteiger partial charge on any atom is -0.326 e. The van der Waals surface area contributed by atoms with Gasteiger partial charge in [0.2, 0.25) is 5.91 Å². The average Bonchev–Trinajstić information content (AvgIpc) is 2.69. The molecule has 7 heteroatoms. The first-order valence-electron chi connectivity index (χ1n) is 5.39. The summed E-state index contributed by atoms with van der Waals surface area (Å²) in [6.45, 7) is 1.76. The van der Waals surface area contributed by atoms with Gasteiger partial charge in [-0.1, -0.05) is 0 Å². The fourth-order valence-corrected chi connectivity index (χ4v) is 2.07. The van der Waals surface area contributed by atoms with E-state index in [0.717, 1.165) is 6.07 Å². The minimum absolute atomic E-state index is 0.00902. The van der Waals surface area contributed by atoms with Gasteiger partial charge >= 0.3 is 0 Å². The molecule has 2 rings (SSSR count). The molecule has 0 atom stereocenters. The number of halogens is 3. The molecule has 0 unspecified atom stereocenters. The van der Waals surface area contributed by atoms with Crippen molar-refractivity contribution in [3.05, 3.63) is 46.5 Å². The van der Waals surface area contributed by atoms with Crippen LogP contribution < -0.4 is 5.32 Å². The standard InChI is InChI=1S/C12H10BrF2N3O/c1-7-16-2-3-18(7)6-11(19)17-12-9(13)4-8(14)5-10(12)15/h2-5H,6H2,1H3,(H,17,19). The number of aromatic nitrogens is 2. The highest BCUT2D eigenvalue weighted by molar-refractivity contribution is 9.10. The van der Waals surface area contributed by atoms with Gasteiger partial charge in [0.15, 0.2) is 5.82 Å². The quantitative estimate of drug-likeness (QED) is 0.941. The number of anilines is 1. The second-order valence-electron chi connectivity index (χ2n) is 3.89. The highest BCUT2D eigenvalue weighted by Gasteiger charge is 2.13. The Morgan fingerprint density at radius 2 is 2.21 bits per heavy atom. The van der Waals surface area contributed by atoms with Crippen molar-refractivity contribution in [2.75, 3.05) is 5.32 Å². The van der Waals surface area contributed by atoms with Crippen molar-refractivity contribution < 1.29 is 13.6 Å². The summed E-state index contributed by atoms with van der Waals surface area (Å²) in [7, 11) is 0. The molecule has 100 valence electrons. The fraction of sp³-hybridized carbons (Fsp3) is 0.167. The van der Waals surface area contributed by atoms with Crippen LogP contribution in [0.5, 0.6) is 0 Å². The molecule has 1 aromatic carbocycles. The Morgan fingerprint density at radius 1 is 1.47 bits per heavy atom. The zero-order chi connectivity index (χ0) is 14.0. The molecule has 4 nitrogen and oxygen atoms in total. The van der Waals surface area contributed by atoms with E-state index in [1.54, 1.807) is 23.9 Å². The second kappa shape index (κ2) is 5.48. The molecular formula is C12H10BrF2N3O. The zero-order valence-corrected chi connectivity index (χ0v) is 11.5. The Kier molecular flexibility index (Phi) is 3.94. The fourth-order valence-electron chi connectivity index (χ4n) is 1.57. The number of benzene rings is 1. The molecule has 2 aromatic rings. The van der Waals surface area contributed by atoms with Crippen LogP contribution in [0, 0.1) is 18.6 Å². The number of aryl methyl sites for hydroxylation is 1. The summed E-state index contributed by atoms with van der Waals surface area (Å²) in [5.74, 6) is -1.29. The van der Waals surface area contributed by atoms with Crippen molar-refractivity contribution in [1.82, 2.24) is 9.55 Å². The number of hydrogen-bond donors (Lipinski definition) is 1. The molecule has 0 spiro atoms. The van der Waals surface area contributed by atoms with Crippen molar-refractivity contribution in [3.8, 4) is 0 Å². The van der Waals surface area contributed by atoms with Gasteiger partial charge < -0.3 is 9.88 Å². The first-order chi connectivity index (χ1) is 8.97. The lowest BCUT2D eigenvalue weighted by molar-refractivity contribution is -0.116. The smallest absolute Gasteiger partial charge is 0.244 e. The molecule has 1 heterocycles. The molecule has 0 saturated carbocycles. The van der Waals surface area contributed by atoms with Crippen molar-refractivity contribution in [3.63, 3.8) is 0 Å². The third-order valence-corrected chi connectivity index (χ3v) is 3.13. The van der Waals surface area contributed by atoms with Gasteiger partial charge in [-0.2, -0.15) is 0 Å². The van der Waals surface area contributed by atoms with E-state index in [0.29, 0.717) is 11.9 Å². The number of carbonyl (C=O) groups is 1. The number of amides is 1. The Bertz CT molecular complexity index is 604. The van der Waals surface area contributed by atoms with E-state index in [4.69, 9.17) is 0 Å². The van der Waals surface area contributed by atoms with Gasteiger partial charge in [0.1, 0.15) is 18.2 Å². The minimum atomic E-state index is -0.831. The number of nitrogens with one attached hydrogen (secondary N) is 1. The van der Waals surface area contributed by atoms with Crippen LogP contribution in [0.25, 0.3) is 0 Å². The molecular weight excluding hydrogens is 320 g/mol. The van der Waals surface area contributed by atoms with E-state index < -0.39 is 17.5 Å². The van der Waals surface area contributed by atoms with Gasteiger partial charge in [-0.25, -0.2) is 13.8 Å². The van der Waals surface area contributed by atoms with Crippen LogP contribution in [0.2, 0.25) is 0 Å². The highest BCUT2D eigenvalue weighted by atomic mass is 79.9. The predicted octanol–water partition coefficient (Wildman–Crippen LogP) is 2.87. The van der Waals surface area contributed by atoms with Crippen LogP contribution in [-0.2, 0) is 11.3 Å². The number of rotatable bonds is 3. The van der Waals surface area contributed by atoms with E-state index in [1.165, 1.54) is 0 Å². The molecule has 19 heavy (non-hydrogen) atoms. The molecule has 0 saturated heterocycles. The topological polar surface area (TPSA) is 46.9 Å². The summed E-state index contributed by atoms with van der Waals surface area (Å²) in [5.41, 5.74) is -0.0795. The number of carbonyl (C=O) groups excluding carboxylic acids is 1. The molecule has 0 fully saturated rings. The van der Waals surface area contributed by atoms with E-state index >= 15 is 0 Å². The Balaban J connectivity index is 2.14. The van der Waals surface area contributed by atoms with Crippen LogP contribution >= 0.6 is 15.9 Å². The van der Waals surface area contributed by atoms with Gasteiger partial charge in [0.25, 0.3) is 0 Å². The maximum absolute atomic E-state index is 13.5. The van der Waals surface area contributed by atoms with Crippen LogP contribution in [0.1, 0.15) is 5.82 Å². The lowest BCUT2D eigenvalue weighted by Gasteiger charge is -2.10. The van der Waals surface area contributed by atoms with E-state index in [1.807, 2.05) is 0 Å². The van der Waals surface area contributed by atoms with E-state index in [-0.39, 0.29) is 16.7 Å². The molecule has 1 N–H and O–H groups in total. The number of nitrogens with zero attached hydrogens (tertiary/aromatic N) is 2. The molecule has 0 aliphatic carbocycles. The second-order valence-corrected chi connectivity index (χ2v) is 4.75. The summed E-state index contributed by atoms with van der Waals surface area (Å²) >= 11 is 3.00. The SMILES string of the molecule is Cc1nccn1CC(=O)Nc1c(F)cc(F)cc1Br. The summed E-state index contributed by atoms with van der Waals surface area (Å²) in [6, 6.07) is 1.80. The van der Waals surface area contributed by atoms with Gasteiger partial charge in [0, 0.05) is 22.9 Å². The monoisotopic (exact) mass is 329 g/mol. The summed E-state index contributed by atoms with van der Waals surface area (Å²) in [6.07, 6.45) is 3.21. The van der Waals surface area contributed by atoms with Crippen LogP contribution in [-0.4, -0.2) is 15.5 Å². The van der Waals surface area contributed by atoms with Gasteiger partial charge in [-0.3, -0.25) is 4.79 Å². The zero-order valence-electron chi connectivity index (χ0n) is 9.95. The van der Waals surface area contributed by atoms with Crippen LogP contribution in [0.15, 0.2) is 29.0 Å². The lowest BCUT2D eigenvalue weighted by Crippen LogP contribution is -2.20. The van der Waals surface area contributed by atoms with Gasteiger partial charge in [-0.15, -0.1) is 0 Å². The summed E-state index contributed by atoms with van der Waals surface area (Å²) in [5, 5.41) is 2.40. The van der Waals surface area contributed by atoms with Crippen molar-refractivity contribution >= 4 is 27.5 Å². The summed E-state index contributed by atoms with van der Waals surface area (Å²) in [4.78, 5) is 15.8. The normalized spacial score (nSPS) is 10.5. The number of hydrogen-bond acceptors (Lipinski definition) is 2. The third-order valence-electron chi connectivity index (χ3n) is 2.51. The average molecular weight is 330 g/mol. The van der Waals surface area contributed by atoms with E-state index in [2.05, 4.69) is 26.2 Å². The van der Waals surface area contributed by atoms with E-state index in [9.17, 15) is 13.6 Å². The van der Waals surface area contributed by atoms with Crippen molar-refractivity contribution in [2.45, 2.75) is 13.5 Å². The maximum Gasteiger partial charge on any atom is 0.244 e. The molecule has 0 aliphatic heterocycles. The van der Waals surface area contributed by atoms with Crippen molar-refractivity contribution in [2.24, 2.45) is 0 Å². The molecule has 0 bridgehead atoms. The highest BCUT2D eigenvalue weighted by Crippen LogP contribution is 2.26. The van der Waals surface area contributed by atoms with Crippen LogP contribution in [0.3, 0.4) is 0 Å². The summed E-state index contributed by atoms with van der Waals surface area (Å²) < 4.78 is 28.2. The lowest BCUT2D eigenvalue weighted by atomic mass is 10.3. The largest absolute Gasteiger partial charge is 0.326 e. The Hall–Kier alpha value is -1.76. The molecule has 0 radical (unpaired) electrons. The molecule has 0 aliphatic rings. The maximum atomic E-state index is 13.5. The third kappa shape index (κ3) is 3.17. The number of imidazole rings is 1. The first kappa shape index (κ1) is 13.7.